The molecule has 0 saturated heterocycles. The van der Waals surface area contributed by atoms with Crippen LogP contribution < -0.4 is 21.3 Å². The van der Waals surface area contributed by atoms with Gasteiger partial charge in [-0.3, -0.25) is 5.43 Å². The molecule has 2 aromatic rings. The summed E-state index contributed by atoms with van der Waals surface area (Å²) in [5.74, 6) is 1.57. The van der Waals surface area contributed by atoms with E-state index >= 15 is 0 Å². The highest BCUT2D eigenvalue weighted by Gasteiger charge is 2.13. The van der Waals surface area contributed by atoms with Crippen LogP contribution in [-0.4, -0.2) is 6.03 Å². The lowest BCUT2D eigenvalue weighted by Crippen LogP contribution is -2.40. The Morgan fingerprint density at radius 2 is 1.52 bits per heavy atom. The third kappa shape index (κ3) is 5.30. The van der Waals surface area contributed by atoms with E-state index < -0.39 is 6.03 Å². The molecule has 0 spiro atoms. The molecular formula is C18H23N3O2. The van der Waals surface area contributed by atoms with Gasteiger partial charge in [0.05, 0.1) is 0 Å². The molecule has 0 aliphatic heterocycles. The van der Waals surface area contributed by atoms with Gasteiger partial charge in [-0.25, -0.2) is 10.2 Å². The summed E-state index contributed by atoms with van der Waals surface area (Å²) < 4.78 is 5.83. The number of urea groups is 1. The molecule has 122 valence electrons. The molecule has 4 N–H and O–H groups in total. The van der Waals surface area contributed by atoms with Gasteiger partial charge in [0.25, 0.3) is 0 Å². The number of hydrogen-bond donors (Lipinski definition) is 3. The molecule has 0 aliphatic carbocycles. The number of rotatable bonds is 5. The molecule has 0 aliphatic rings. The molecule has 23 heavy (non-hydrogen) atoms. The number of nitrogens with one attached hydrogen (secondary N) is 2. The molecule has 0 heterocycles. The first kappa shape index (κ1) is 16.8. The minimum Gasteiger partial charge on any atom is -0.457 e. The molecule has 0 aromatic heterocycles. The van der Waals surface area contributed by atoms with E-state index in [0.717, 1.165) is 17.1 Å². The summed E-state index contributed by atoms with van der Waals surface area (Å²) in [6.45, 7) is 7.04. The van der Waals surface area contributed by atoms with Crippen molar-refractivity contribution in [2.45, 2.75) is 32.7 Å². The van der Waals surface area contributed by atoms with Crippen LogP contribution in [0.1, 0.15) is 31.9 Å². The smallest absolute Gasteiger partial charge is 0.326 e. The van der Waals surface area contributed by atoms with Crippen molar-refractivity contribution in [1.29, 1.82) is 0 Å². The van der Waals surface area contributed by atoms with Crippen molar-refractivity contribution in [3.8, 4) is 11.5 Å². The summed E-state index contributed by atoms with van der Waals surface area (Å²) in [7, 11) is 0. The summed E-state index contributed by atoms with van der Waals surface area (Å²) in [5.41, 5.74) is 12.4. The molecule has 5 nitrogen and oxygen atoms in total. The fraction of sp³-hybridized carbons (Fsp3) is 0.278. The average molecular weight is 313 g/mol. The monoisotopic (exact) mass is 313 g/mol. The SMILES string of the molecule is CC(C)(C)c1ccc(Oc2ccc(CNNC(N)=O)cc2)cc1. The Morgan fingerprint density at radius 3 is 2.00 bits per heavy atom. The topological polar surface area (TPSA) is 76.4 Å². The Morgan fingerprint density at radius 1 is 1.00 bits per heavy atom. The summed E-state index contributed by atoms with van der Waals surface area (Å²) in [6, 6.07) is 15.1. The molecule has 0 saturated carbocycles. The van der Waals surface area contributed by atoms with Crippen LogP contribution in [0.15, 0.2) is 48.5 Å². The molecule has 0 unspecified atom stereocenters. The van der Waals surface area contributed by atoms with Crippen LogP contribution in [0.4, 0.5) is 4.79 Å². The predicted octanol–water partition coefficient (Wildman–Crippen LogP) is 3.45. The van der Waals surface area contributed by atoms with Crippen molar-refractivity contribution in [3.05, 3.63) is 59.7 Å². The van der Waals surface area contributed by atoms with E-state index in [1.54, 1.807) is 0 Å². The maximum Gasteiger partial charge on any atom is 0.326 e. The Hall–Kier alpha value is -2.53. The van der Waals surface area contributed by atoms with Gasteiger partial charge in [-0.15, -0.1) is 0 Å². The van der Waals surface area contributed by atoms with Gasteiger partial charge < -0.3 is 10.5 Å². The van der Waals surface area contributed by atoms with Crippen LogP contribution in [0, 0.1) is 0 Å². The minimum absolute atomic E-state index is 0.131. The molecule has 2 aromatic carbocycles. The van der Waals surface area contributed by atoms with E-state index in [4.69, 9.17) is 10.5 Å². The third-order valence-electron chi connectivity index (χ3n) is 3.38. The highest BCUT2D eigenvalue weighted by atomic mass is 16.5. The van der Waals surface area contributed by atoms with Crippen LogP contribution in [0.3, 0.4) is 0 Å². The predicted molar refractivity (Wildman–Crippen MR) is 91.2 cm³/mol. The lowest BCUT2D eigenvalue weighted by Gasteiger charge is -2.19. The van der Waals surface area contributed by atoms with E-state index in [1.807, 2.05) is 36.4 Å². The van der Waals surface area contributed by atoms with Crippen LogP contribution in [-0.2, 0) is 12.0 Å². The molecule has 2 amide bonds. The van der Waals surface area contributed by atoms with Crippen LogP contribution in [0.25, 0.3) is 0 Å². The summed E-state index contributed by atoms with van der Waals surface area (Å²) in [6.07, 6.45) is 0. The molecule has 0 bridgehead atoms. The molecule has 0 fully saturated rings. The van der Waals surface area contributed by atoms with Crippen molar-refractivity contribution in [2.24, 2.45) is 5.73 Å². The molecule has 5 heteroatoms. The average Bonchev–Trinajstić information content (AvgIpc) is 2.48. The third-order valence-corrected chi connectivity index (χ3v) is 3.38. The van der Waals surface area contributed by atoms with E-state index in [2.05, 4.69) is 43.8 Å². The fourth-order valence-electron chi connectivity index (χ4n) is 2.07. The van der Waals surface area contributed by atoms with Gasteiger partial charge in [-0.1, -0.05) is 45.0 Å². The highest BCUT2D eigenvalue weighted by molar-refractivity contribution is 5.70. The van der Waals surface area contributed by atoms with Crippen molar-refractivity contribution in [1.82, 2.24) is 10.9 Å². The normalized spacial score (nSPS) is 11.1. The zero-order chi connectivity index (χ0) is 16.9. The second-order valence-corrected chi connectivity index (χ2v) is 6.36. The van der Waals surface area contributed by atoms with Crippen LogP contribution in [0.5, 0.6) is 11.5 Å². The van der Waals surface area contributed by atoms with E-state index in [0.29, 0.717) is 6.54 Å². The number of amides is 2. The van der Waals surface area contributed by atoms with Crippen molar-refractivity contribution >= 4 is 6.03 Å². The number of hydrogen-bond acceptors (Lipinski definition) is 3. The van der Waals surface area contributed by atoms with Gasteiger partial charge in [0.1, 0.15) is 11.5 Å². The first-order chi connectivity index (χ1) is 10.8. The number of carbonyl (C=O) groups is 1. The molecule has 2 rings (SSSR count). The summed E-state index contributed by atoms with van der Waals surface area (Å²) >= 11 is 0. The Bertz CT molecular complexity index is 643. The second kappa shape index (κ2) is 7.15. The lowest BCUT2D eigenvalue weighted by atomic mass is 9.87. The summed E-state index contributed by atoms with van der Waals surface area (Å²) in [5, 5.41) is 0. The Labute approximate surface area is 136 Å². The zero-order valence-corrected chi connectivity index (χ0v) is 13.7. The molecular weight excluding hydrogens is 290 g/mol. The lowest BCUT2D eigenvalue weighted by molar-refractivity contribution is 0.244. The number of carbonyl (C=O) groups excluding carboxylic acids is 1. The van der Waals surface area contributed by atoms with Gasteiger partial charge >= 0.3 is 6.03 Å². The Kier molecular flexibility index (Phi) is 5.24. The zero-order valence-electron chi connectivity index (χ0n) is 13.7. The number of primary amides is 1. The van der Waals surface area contributed by atoms with E-state index in [-0.39, 0.29) is 5.41 Å². The highest BCUT2D eigenvalue weighted by Crippen LogP contribution is 2.27. The van der Waals surface area contributed by atoms with Crippen molar-refractivity contribution in [2.75, 3.05) is 0 Å². The molecule has 0 atom stereocenters. The maximum atomic E-state index is 10.6. The van der Waals surface area contributed by atoms with Gasteiger partial charge in [0, 0.05) is 6.54 Å². The first-order valence-corrected chi connectivity index (χ1v) is 7.50. The Balaban J connectivity index is 1.94. The van der Waals surface area contributed by atoms with Gasteiger partial charge in [0.2, 0.25) is 0 Å². The number of ether oxygens (including phenoxy) is 1. The van der Waals surface area contributed by atoms with E-state index in [1.165, 1.54) is 5.56 Å². The summed E-state index contributed by atoms with van der Waals surface area (Å²) in [4.78, 5) is 10.6. The fourth-order valence-corrected chi connectivity index (χ4v) is 2.07. The van der Waals surface area contributed by atoms with Crippen LogP contribution >= 0.6 is 0 Å². The van der Waals surface area contributed by atoms with Crippen LogP contribution in [0.2, 0.25) is 0 Å². The molecule has 0 radical (unpaired) electrons. The van der Waals surface area contributed by atoms with Gasteiger partial charge in [0.15, 0.2) is 0 Å². The first-order valence-electron chi connectivity index (χ1n) is 7.50. The number of benzene rings is 2. The minimum atomic E-state index is -0.608. The largest absolute Gasteiger partial charge is 0.457 e. The van der Waals surface area contributed by atoms with Crippen molar-refractivity contribution in [3.63, 3.8) is 0 Å². The second-order valence-electron chi connectivity index (χ2n) is 6.36. The number of hydrazine groups is 1. The number of nitrogens with two attached hydrogens (primary N) is 1. The van der Waals surface area contributed by atoms with E-state index in [9.17, 15) is 4.79 Å². The van der Waals surface area contributed by atoms with Gasteiger partial charge in [-0.05, 0) is 40.8 Å². The van der Waals surface area contributed by atoms with Crippen molar-refractivity contribution < 1.29 is 9.53 Å². The van der Waals surface area contributed by atoms with Gasteiger partial charge in [-0.2, -0.15) is 0 Å². The standard InChI is InChI=1S/C18H23N3O2/c1-18(2,3)14-6-10-16(11-7-14)23-15-8-4-13(5-9-15)12-20-21-17(19)22/h4-11,20H,12H2,1-3H3,(H3,19,21,22). The quantitative estimate of drug-likeness (QED) is 0.740. The maximum absolute atomic E-state index is 10.6.